The molecular weight excluding hydrogens is 329 g/mol. The summed E-state index contributed by atoms with van der Waals surface area (Å²) in [6.45, 7) is 7.80. The molecule has 7 heteroatoms. The molecule has 1 rings (SSSR count). The summed E-state index contributed by atoms with van der Waals surface area (Å²) in [4.78, 5) is 4.48. The highest BCUT2D eigenvalue weighted by Crippen LogP contribution is 2.19. The van der Waals surface area contributed by atoms with Crippen LogP contribution in [0.25, 0.3) is 0 Å². The zero-order valence-corrected chi connectivity index (χ0v) is 15.7. The van der Waals surface area contributed by atoms with Gasteiger partial charge < -0.3 is 10.6 Å². The number of benzene rings is 1. The summed E-state index contributed by atoms with van der Waals surface area (Å²) in [6.07, 6.45) is 1.83. The summed E-state index contributed by atoms with van der Waals surface area (Å²) in [5.74, 6) is 0.569. The van der Waals surface area contributed by atoms with Crippen LogP contribution in [0, 0.1) is 11.2 Å². The van der Waals surface area contributed by atoms with Crippen molar-refractivity contribution >= 4 is 15.8 Å². The van der Waals surface area contributed by atoms with Crippen LogP contribution in [0.3, 0.4) is 0 Å². The summed E-state index contributed by atoms with van der Waals surface area (Å²) in [7, 11) is -2.96. The largest absolute Gasteiger partial charge is 0.357 e. The molecule has 0 aromatic heterocycles. The molecule has 0 atom stereocenters. The fraction of sp³-hybridized carbons (Fsp3) is 0.588. The van der Waals surface area contributed by atoms with Gasteiger partial charge in [0.25, 0.3) is 0 Å². The number of aliphatic imine (C=N–C) groups is 1. The molecule has 0 saturated heterocycles. The van der Waals surface area contributed by atoms with E-state index in [-0.39, 0.29) is 17.0 Å². The summed E-state index contributed by atoms with van der Waals surface area (Å²) in [5.41, 5.74) is 0.750. The lowest BCUT2D eigenvalue weighted by Crippen LogP contribution is -2.42. The van der Waals surface area contributed by atoms with Gasteiger partial charge in [-0.2, -0.15) is 0 Å². The summed E-state index contributed by atoms with van der Waals surface area (Å²) < 4.78 is 35.5. The third kappa shape index (κ3) is 8.86. The van der Waals surface area contributed by atoms with Crippen molar-refractivity contribution in [1.29, 1.82) is 0 Å². The Morgan fingerprint density at radius 1 is 1.21 bits per heavy atom. The quantitative estimate of drug-likeness (QED) is 0.553. The van der Waals surface area contributed by atoms with Crippen molar-refractivity contribution in [2.24, 2.45) is 10.4 Å². The molecule has 136 valence electrons. The van der Waals surface area contributed by atoms with Gasteiger partial charge in [0, 0.05) is 19.3 Å². The van der Waals surface area contributed by atoms with E-state index in [2.05, 4.69) is 15.6 Å². The Hall–Kier alpha value is -1.63. The first-order valence-electron chi connectivity index (χ1n) is 8.06. The Bertz CT molecular complexity index is 640. The third-order valence-corrected chi connectivity index (χ3v) is 4.51. The molecule has 0 amide bonds. The Kier molecular flexibility index (Phi) is 7.66. The number of rotatable bonds is 8. The van der Waals surface area contributed by atoms with Gasteiger partial charge in [-0.1, -0.05) is 26.0 Å². The first kappa shape index (κ1) is 20.4. The minimum atomic E-state index is -2.96. The second-order valence-corrected chi connectivity index (χ2v) is 8.98. The number of hydrogen-bond acceptors (Lipinski definition) is 3. The Labute approximate surface area is 144 Å². The second-order valence-electron chi connectivity index (χ2n) is 6.72. The molecule has 0 aliphatic rings. The van der Waals surface area contributed by atoms with E-state index < -0.39 is 9.84 Å². The van der Waals surface area contributed by atoms with Gasteiger partial charge in [0.2, 0.25) is 0 Å². The van der Waals surface area contributed by atoms with Gasteiger partial charge in [0.1, 0.15) is 15.7 Å². The summed E-state index contributed by atoms with van der Waals surface area (Å²) >= 11 is 0. The van der Waals surface area contributed by atoms with E-state index in [4.69, 9.17) is 0 Å². The van der Waals surface area contributed by atoms with Crippen LogP contribution in [0.5, 0.6) is 0 Å². The number of sulfone groups is 1. The molecule has 0 bridgehead atoms. The number of guanidine groups is 1. The van der Waals surface area contributed by atoms with Crippen LogP contribution in [0.15, 0.2) is 29.3 Å². The molecule has 1 aromatic rings. The standard InChI is InChI=1S/C17H28FN3O2S/c1-5-19-16(20-12-14-6-8-15(18)9-7-14)21-13-17(2,3)10-11-24(4,22)23/h6-9H,5,10-13H2,1-4H3,(H2,19,20,21). The van der Waals surface area contributed by atoms with Crippen LogP contribution in [-0.4, -0.2) is 39.5 Å². The topological polar surface area (TPSA) is 70.6 Å². The molecule has 24 heavy (non-hydrogen) atoms. The molecule has 5 nitrogen and oxygen atoms in total. The molecule has 1 aromatic carbocycles. The van der Waals surface area contributed by atoms with Crippen LogP contribution in [0.1, 0.15) is 32.8 Å². The van der Waals surface area contributed by atoms with Crippen LogP contribution in [0.2, 0.25) is 0 Å². The number of nitrogens with zero attached hydrogens (tertiary/aromatic N) is 1. The third-order valence-electron chi connectivity index (χ3n) is 3.56. The first-order chi connectivity index (χ1) is 11.1. The van der Waals surface area contributed by atoms with E-state index in [1.54, 1.807) is 12.1 Å². The summed E-state index contributed by atoms with van der Waals surface area (Å²) in [6, 6.07) is 6.25. The smallest absolute Gasteiger partial charge is 0.191 e. The van der Waals surface area contributed by atoms with Gasteiger partial charge >= 0.3 is 0 Å². The van der Waals surface area contributed by atoms with Crippen molar-refractivity contribution < 1.29 is 12.8 Å². The van der Waals surface area contributed by atoms with Crippen LogP contribution in [-0.2, 0) is 16.4 Å². The van der Waals surface area contributed by atoms with Crippen molar-refractivity contribution in [3.63, 3.8) is 0 Å². The van der Waals surface area contributed by atoms with Crippen LogP contribution < -0.4 is 10.6 Å². The van der Waals surface area contributed by atoms with E-state index in [0.717, 1.165) is 12.1 Å². The summed E-state index contributed by atoms with van der Waals surface area (Å²) in [5, 5.41) is 6.40. The van der Waals surface area contributed by atoms with E-state index in [1.807, 2.05) is 20.8 Å². The molecule has 0 heterocycles. The average Bonchev–Trinajstić information content (AvgIpc) is 2.49. The highest BCUT2D eigenvalue weighted by molar-refractivity contribution is 7.90. The minimum absolute atomic E-state index is 0.171. The van der Waals surface area contributed by atoms with E-state index in [0.29, 0.717) is 25.5 Å². The number of hydrogen-bond donors (Lipinski definition) is 2. The zero-order chi connectivity index (χ0) is 18.2. The molecule has 0 radical (unpaired) electrons. The number of nitrogens with one attached hydrogen (secondary N) is 2. The molecule has 0 aliphatic heterocycles. The SMILES string of the molecule is CCNC(=NCc1ccc(F)cc1)NCC(C)(C)CCS(C)(=O)=O. The second kappa shape index (κ2) is 9.01. The van der Waals surface area contributed by atoms with Gasteiger partial charge in [-0.25, -0.2) is 17.8 Å². The lowest BCUT2D eigenvalue weighted by Gasteiger charge is -2.25. The van der Waals surface area contributed by atoms with Gasteiger partial charge in [-0.3, -0.25) is 0 Å². The van der Waals surface area contributed by atoms with Crippen molar-refractivity contribution in [2.75, 3.05) is 25.1 Å². The van der Waals surface area contributed by atoms with Crippen LogP contribution in [0.4, 0.5) is 4.39 Å². The highest BCUT2D eigenvalue weighted by atomic mass is 32.2. The van der Waals surface area contributed by atoms with E-state index in [1.165, 1.54) is 18.4 Å². The van der Waals surface area contributed by atoms with E-state index >= 15 is 0 Å². The molecule has 2 N–H and O–H groups in total. The minimum Gasteiger partial charge on any atom is -0.357 e. The average molecular weight is 357 g/mol. The predicted octanol–water partition coefficient (Wildman–Crippen LogP) is 2.34. The Balaban J connectivity index is 2.61. The Morgan fingerprint density at radius 2 is 1.83 bits per heavy atom. The molecule has 0 saturated carbocycles. The number of halogens is 1. The van der Waals surface area contributed by atoms with Gasteiger partial charge in [0.15, 0.2) is 5.96 Å². The lowest BCUT2D eigenvalue weighted by atomic mass is 9.90. The van der Waals surface area contributed by atoms with Gasteiger partial charge in [0.05, 0.1) is 12.3 Å². The monoisotopic (exact) mass is 357 g/mol. The molecule has 0 spiro atoms. The van der Waals surface area contributed by atoms with Gasteiger partial charge in [-0.15, -0.1) is 0 Å². The fourth-order valence-corrected chi connectivity index (χ4v) is 2.90. The predicted molar refractivity (Wildman–Crippen MR) is 97.3 cm³/mol. The van der Waals surface area contributed by atoms with Crippen LogP contribution >= 0.6 is 0 Å². The lowest BCUT2D eigenvalue weighted by molar-refractivity contribution is 0.348. The highest BCUT2D eigenvalue weighted by Gasteiger charge is 2.20. The van der Waals surface area contributed by atoms with Crippen molar-refractivity contribution in [1.82, 2.24) is 10.6 Å². The van der Waals surface area contributed by atoms with Gasteiger partial charge in [-0.05, 0) is 36.5 Å². The zero-order valence-electron chi connectivity index (χ0n) is 14.9. The fourth-order valence-electron chi connectivity index (χ4n) is 1.97. The van der Waals surface area contributed by atoms with Crippen molar-refractivity contribution in [3.8, 4) is 0 Å². The molecule has 0 unspecified atom stereocenters. The Morgan fingerprint density at radius 3 is 2.38 bits per heavy atom. The maximum absolute atomic E-state index is 12.9. The molecule has 0 fully saturated rings. The maximum atomic E-state index is 12.9. The molecule has 0 aliphatic carbocycles. The molecular formula is C17H28FN3O2S. The van der Waals surface area contributed by atoms with Crippen molar-refractivity contribution in [2.45, 2.75) is 33.7 Å². The normalized spacial score (nSPS) is 13.0. The first-order valence-corrected chi connectivity index (χ1v) is 10.1. The van der Waals surface area contributed by atoms with E-state index in [9.17, 15) is 12.8 Å². The maximum Gasteiger partial charge on any atom is 0.191 e. The van der Waals surface area contributed by atoms with Crippen molar-refractivity contribution in [3.05, 3.63) is 35.6 Å².